The monoisotopic (exact) mass is 549 g/mol. The zero-order chi connectivity index (χ0) is 26.1. The Hall–Kier alpha value is -1.74. The summed E-state index contributed by atoms with van der Waals surface area (Å²) in [5.74, 6) is 0. The first-order valence-corrected chi connectivity index (χ1v) is 13.9. The Kier molecular flexibility index (Phi) is 8.01. The second-order valence-corrected chi connectivity index (χ2v) is 12.3. The van der Waals surface area contributed by atoms with Crippen LogP contribution in [-0.4, -0.2) is 98.6 Å². The van der Waals surface area contributed by atoms with E-state index in [1.54, 1.807) is 17.5 Å². The van der Waals surface area contributed by atoms with Crippen molar-refractivity contribution in [3.63, 3.8) is 0 Å². The van der Waals surface area contributed by atoms with E-state index in [-0.39, 0.29) is 41.6 Å². The Bertz CT molecular complexity index is 1110. The van der Waals surface area contributed by atoms with Gasteiger partial charge in [-0.3, -0.25) is 4.90 Å². The van der Waals surface area contributed by atoms with Crippen LogP contribution in [0.3, 0.4) is 0 Å². The molecule has 2 aliphatic rings. The van der Waals surface area contributed by atoms with E-state index in [1.807, 2.05) is 4.90 Å². The lowest BCUT2D eigenvalue weighted by molar-refractivity contribution is -0.258. The van der Waals surface area contributed by atoms with Crippen molar-refractivity contribution in [1.29, 1.82) is 0 Å². The lowest BCUT2D eigenvalue weighted by atomic mass is 9.95. The van der Waals surface area contributed by atoms with Gasteiger partial charge in [-0.05, 0) is 36.1 Å². The Labute approximate surface area is 212 Å². The minimum atomic E-state index is -4.82. The van der Waals surface area contributed by atoms with Crippen molar-refractivity contribution in [2.75, 3.05) is 57.4 Å². The summed E-state index contributed by atoms with van der Waals surface area (Å²) in [4.78, 5) is 4.04. The van der Waals surface area contributed by atoms with Gasteiger partial charge in [-0.15, -0.1) is 11.3 Å². The minimum absolute atomic E-state index is 0.106. The maximum Gasteiger partial charge on any atom is 0.421 e. The highest BCUT2D eigenvalue weighted by atomic mass is 32.2. The molecule has 1 aromatic heterocycles. The third-order valence-corrected chi connectivity index (χ3v) is 10.1. The summed E-state index contributed by atoms with van der Waals surface area (Å²) in [6.45, 7) is 3.19. The number of benzene rings is 1. The van der Waals surface area contributed by atoms with Crippen molar-refractivity contribution in [3.8, 4) is 0 Å². The fraction of sp³-hybridized carbons (Fsp3) is 0.565. The van der Waals surface area contributed by atoms with Gasteiger partial charge < -0.3 is 19.8 Å². The lowest BCUT2D eigenvalue weighted by Gasteiger charge is -2.45. The molecular formula is C23H30F3N3O5S2. The summed E-state index contributed by atoms with van der Waals surface area (Å²) in [5, 5.41) is 21.5. The van der Waals surface area contributed by atoms with Crippen LogP contribution in [0.4, 0.5) is 18.9 Å². The van der Waals surface area contributed by atoms with E-state index in [0.29, 0.717) is 45.5 Å². The van der Waals surface area contributed by atoms with Gasteiger partial charge in [0.1, 0.15) is 4.21 Å². The minimum Gasteiger partial charge on any atom is -0.395 e. The molecule has 0 radical (unpaired) electrons. The van der Waals surface area contributed by atoms with Gasteiger partial charge in [0.2, 0.25) is 0 Å². The van der Waals surface area contributed by atoms with Crippen LogP contribution in [0.15, 0.2) is 46.0 Å². The average molecular weight is 550 g/mol. The van der Waals surface area contributed by atoms with Crippen LogP contribution in [0.2, 0.25) is 0 Å². The average Bonchev–Trinajstić information content (AvgIpc) is 3.40. The van der Waals surface area contributed by atoms with Gasteiger partial charge in [-0.25, -0.2) is 8.42 Å². The second-order valence-electron chi connectivity index (χ2n) is 9.17. The Balaban J connectivity index is 1.61. The fourth-order valence-electron chi connectivity index (χ4n) is 4.59. The number of aliphatic hydroxyl groups excluding tert-OH is 1. The number of ether oxygens (including phenoxy) is 1. The van der Waals surface area contributed by atoms with Crippen LogP contribution < -0.4 is 4.90 Å². The summed E-state index contributed by atoms with van der Waals surface area (Å²) in [6.07, 6.45) is -4.82. The summed E-state index contributed by atoms with van der Waals surface area (Å²) in [5.41, 5.74) is -2.63. The van der Waals surface area contributed by atoms with E-state index in [4.69, 9.17) is 4.74 Å². The zero-order valence-corrected chi connectivity index (χ0v) is 21.4. The molecule has 8 nitrogen and oxygen atoms in total. The summed E-state index contributed by atoms with van der Waals surface area (Å²) < 4.78 is 73.4. The Morgan fingerprint density at radius 1 is 1.11 bits per heavy atom. The number of anilines is 1. The lowest BCUT2D eigenvalue weighted by Crippen LogP contribution is -2.60. The molecule has 4 rings (SSSR count). The quantitative estimate of drug-likeness (QED) is 0.547. The summed E-state index contributed by atoms with van der Waals surface area (Å²) >= 11 is 1.15. The first-order valence-electron chi connectivity index (χ1n) is 11.6. The molecule has 0 amide bonds. The zero-order valence-electron chi connectivity index (χ0n) is 19.8. The molecule has 2 saturated heterocycles. The maximum atomic E-state index is 13.3. The van der Waals surface area contributed by atoms with Gasteiger partial charge in [0, 0.05) is 38.4 Å². The van der Waals surface area contributed by atoms with Crippen molar-refractivity contribution in [2.45, 2.75) is 35.0 Å². The van der Waals surface area contributed by atoms with Gasteiger partial charge in [0.15, 0.2) is 5.60 Å². The van der Waals surface area contributed by atoms with E-state index < -0.39 is 21.8 Å². The normalized spacial score (nSPS) is 24.6. The van der Waals surface area contributed by atoms with Crippen LogP contribution in [0.1, 0.15) is 12.5 Å². The number of thiophene rings is 1. The molecule has 0 saturated carbocycles. The van der Waals surface area contributed by atoms with E-state index in [9.17, 15) is 31.8 Å². The number of morpholine rings is 1. The predicted molar refractivity (Wildman–Crippen MR) is 130 cm³/mol. The molecular weight excluding hydrogens is 519 g/mol. The smallest absolute Gasteiger partial charge is 0.395 e. The number of halogens is 3. The molecule has 2 aromatic rings. The molecule has 200 valence electrons. The molecule has 1 aromatic carbocycles. The number of sulfonamides is 1. The first kappa shape index (κ1) is 27.3. The van der Waals surface area contributed by atoms with Gasteiger partial charge >= 0.3 is 6.18 Å². The van der Waals surface area contributed by atoms with Crippen molar-refractivity contribution in [3.05, 3.63) is 47.3 Å². The van der Waals surface area contributed by atoms with Crippen molar-refractivity contribution in [1.82, 2.24) is 9.21 Å². The number of alkyl halides is 3. The standard InChI is InChI=1S/C23H30F3N3O5S2/c1-22(31,23(24,25)26)17-4-6-18(7-5-17)29-9-8-28(36(32,33)21-3-2-12-35-21)14-19(29)13-27-10-11-34-16-20(27)15-30/h2-7,12,19-20,30-31H,8-11,13-16H2,1H3/t19-,20+,22-/m0/s1. The first-order chi connectivity index (χ1) is 16.9. The molecule has 0 spiro atoms. The largest absolute Gasteiger partial charge is 0.421 e. The second kappa shape index (κ2) is 10.6. The van der Waals surface area contributed by atoms with E-state index in [0.717, 1.165) is 11.3 Å². The molecule has 0 aliphatic carbocycles. The van der Waals surface area contributed by atoms with Crippen molar-refractivity contribution >= 4 is 27.0 Å². The fourth-order valence-corrected chi connectivity index (χ4v) is 7.20. The van der Waals surface area contributed by atoms with Gasteiger partial charge in [-0.2, -0.15) is 17.5 Å². The van der Waals surface area contributed by atoms with E-state index >= 15 is 0 Å². The van der Waals surface area contributed by atoms with Crippen LogP contribution >= 0.6 is 11.3 Å². The molecule has 2 aliphatic heterocycles. The maximum absolute atomic E-state index is 13.3. The third kappa shape index (κ3) is 5.42. The SMILES string of the molecule is C[C@](O)(c1ccc(N2CCN(S(=O)(=O)c3cccs3)C[C@@H]2CN2CCOC[C@H]2CO)cc1)C(F)(F)F. The van der Waals surface area contributed by atoms with Gasteiger partial charge in [0.25, 0.3) is 10.0 Å². The van der Waals surface area contributed by atoms with Crippen molar-refractivity contribution in [2.24, 2.45) is 0 Å². The number of nitrogens with zero attached hydrogens (tertiary/aromatic N) is 3. The van der Waals surface area contributed by atoms with Gasteiger partial charge in [-0.1, -0.05) is 18.2 Å². The number of rotatable bonds is 7. The molecule has 2 fully saturated rings. The van der Waals surface area contributed by atoms with Crippen molar-refractivity contribution < 1.29 is 36.5 Å². The topological polar surface area (TPSA) is 93.6 Å². The molecule has 36 heavy (non-hydrogen) atoms. The molecule has 3 atom stereocenters. The highest BCUT2D eigenvalue weighted by molar-refractivity contribution is 7.91. The number of aliphatic hydroxyl groups is 2. The third-order valence-electron chi connectivity index (χ3n) is 6.85. The molecule has 0 bridgehead atoms. The highest BCUT2D eigenvalue weighted by Crippen LogP contribution is 2.39. The van der Waals surface area contributed by atoms with Gasteiger partial charge in [0.05, 0.1) is 31.9 Å². The van der Waals surface area contributed by atoms with E-state index in [2.05, 4.69) is 4.90 Å². The highest BCUT2D eigenvalue weighted by Gasteiger charge is 2.51. The molecule has 0 unspecified atom stereocenters. The predicted octanol–water partition coefficient (Wildman–Crippen LogP) is 2.09. The number of hydrogen-bond donors (Lipinski definition) is 2. The summed E-state index contributed by atoms with van der Waals surface area (Å²) in [7, 11) is -3.69. The molecule has 13 heteroatoms. The number of piperazine rings is 1. The molecule has 2 N–H and O–H groups in total. The van der Waals surface area contributed by atoms with Crippen LogP contribution in [-0.2, 0) is 20.4 Å². The Morgan fingerprint density at radius 3 is 2.44 bits per heavy atom. The summed E-state index contributed by atoms with van der Waals surface area (Å²) in [6, 6.07) is 8.24. The number of hydrogen-bond acceptors (Lipinski definition) is 8. The Morgan fingerprint density at radius 2 is 1.83 bits per heavy atom. The molecule has 3 heterocycles. The van der Waals surface area contributed by atoms with Crippen LogP contribution in [0, 0.1) is 0 Å². The van der Waals surface area contributed by atoms with Crippen LogP contribution in [0.25, 0.3) is 0 Å². The van der Waals surface area contributed by atoms with Crippen LogP contribution in [0.5, 0.6) is 0 Å². The van der Waals surface area contributed by atoms with E-state index in [1.165, 1.54) is 28.6 Å².